The first kappa shape index (κ1) is 20.6. The lowest BCUT2D eigenvalue weighted by molar-refractivity contribution is -0.139. The minimum atomic E-state index is -0.278. The number of amidine groups is 1. The van der Waals surface area contributed by atoms with Gasteiger partial charge in [0.25, 0.3) is 0 Å². The summed E-state index contributed by atoms with van der Waals surface area (Å²) >= 11 is 1.24. The molecule has 1 aromatic rings. The Bertz CT molecular complexity index is 498. The van der Waals surface area contributed by atoms with E-state index in [0.717, 1.165) is 29.7 Å². The molecule has 0 saturated carbocycles. The van der Waals surface area contributed by atoms with Gasteiger partial charge in [0.05, 0.1) is 20.1 Å². The summed E-state index contributed by atoms with van der Waals surface area (Å²) in [6.45, 7) is 2.76. The second-order valence-electron chi connectivity index (χ2n) is 4.55. The first-order valence-corrected chi connectivity index (χ1v) is 7.83. The number of carbonyl (C=O) groups is 1. The highest BCUT2D eigenvalue weighted by Gasteiger charge is 2.09. The molecule has 0 radical (unpaired) electrons. The fourth-order valence-corrected chi connectivity index (χ4v) is 2.25. The molecule has 7 heteroatoms. The van der Waals surface area contributed by atoms with Crippen LogP contribution in [0.5, 0.6) is 5.75 Å². The van der Waals surface area contributed by atoms with E-state index in [1.54, 1.807) is 0 Å². The normalized spacial score (nSPS) is 9.73. The zero-order chi connectivity index (χ0) is 15.7. The van der Waals surface area contributed by atoms with E-state index in [2.05, 4.69) is 11.7 Å². The fraction of sp³-hybridized carbons (Fsp3) is 0.467. The fourth-order valence-electron chi connectivity index (χ4n) is 1.72. The Kier molecular flexibility index (Phi) is 10.5. The second kappa shape index (κ2) is 11.2. The largest absolute Gasteiger partial charge is 0.493 e. The number of esters is 1. The highest BCUT2D eigenvalue weighted by molar-refractivity contribution is 8.13. The number of rotatable bonds is 8. The highest BCUT2D eigenvalue weighted by atomic mass is 35.5. The van der Waals surface area contributed by atoms with E-state index in [-0.39, 0.29) is 30.0 Å². The minimum Gasteiger partial charge on any atom is -0.493 e. The third kappa shape index (κ3) is 7.56. The van der Waals surface area contributed by atoms with Crippen LogP contribution in [0.1, 0.15) is 30.9 Å². The number of unbranched alkanes of at least 4 members (excludes halogenated alkanes) is 1. The van der Waals surface area contributed by atoms with E-state index in [1.807, 2.05) is 18.2 Å². The zero-order valence-corrected chi connectivity index (χ0v) is 14.5. The summed E-state index contributed by atoms with van der Waals surface area (Å²) in [5, 5.41) is 7.37. The Labute approximate surface area is 141 Å². The monoisotopic (exact) mass is 346 g/mol. The van der Waals surface area contributed by atoms with Crippen LogP contribution in [0.2, 0.25) is 0 Å². The molecule has 5 nitrogen and oxygen atoms in total. The smallest absolute Gasteiger partial charge is 0.309 e. The number of hydrogen-bond donors (Lipinski definition) is 2. The lowest BCUT2D eigenvalue weighted by atomic mass is 10.1. The molecule has 0 aliphatic carbocycles. The number of carbonyl (C=O) groups excluding carboxylic acids is 1. The van der Waals surface area contributed by atoms with Crippen LogP contribution >= 0.6 is 24.2 Å². The first-order valence-electron chi connectivity index (χ1n) is 6.85. The van der Waals surface area contributed by atoms with Gasteiger partial charge >= 0.3 is 5.97 Å². The van der Waals surface area contributed by atoms with E-state index >= 15 is 0 Å². The Morgan fingerprint density at radius 1 is 1.41 bits per heavy atom. The molecule has 1 rings (SSSR count). The van der Waals surface area contributed by atoms with Gasteiger partial charge in [-0.15, -0.1) is 12.4 Å². The molecule has 22 heavy (non-hydrogen) atoms. The molecule has 0 aliphatic rings. The van der Waals surface area contributed by atoms with Crippen molar-refractivity contribution >= 4 is 35.3 Å². The standard InChI is InChI=1S/C15H22N2O3S.ClH/c1-3-4-7-20-13-6-5-11(9-14(18)19-2)8-12(13)10-21-15(16)17;/h5-6,8H,3-4,7,9-10H2,1-2H3,(H3,16,17);1H. The molecule has 1 aromatic carbocycles. The summed E-state index contributed by atoms with van der Waals surface area (Å²) in [6.07, 6.45) is 2.28. The van der Waals surface area contributed by atoms with E-state index < -0.39 is 0 Å². The maximum Gasteiger partial charge on any atom is 0.309 e. The highest BCUT2D eigenvalue weighted by Crippen LogP contribution is 2.25. The molecule has 0 amide bonds. The Morgan fingerprint density at radius 3 is 2.73 bits per heavy atom. The minimum absolute atomic E-state index is 0. The molecule has 3 N–H and O–H groups in total. The van der Waals surface area contributed by atoms with Crippen LogP contribution in [0.15, 0.2) is 18.2 Å². The third-order valence-corrected chi connectivity index (χ3v) is 3.61. The van der Waals surface area contributed by atoms with Crippen molar-refractivity contribution < 1.29 is 14.3 Å². The van der Waals surface area contributed by atoms with E-state index in [0.29, 0.717) is 12.4 Å². The van der Waals surface area contributed by atoms with Crippen molar-refractivity contribution in [3.05, 3.63) is 29.3 Å². The molecule has 0 heterocycles. The Balaban J connectivity index is 0.00000441. The summed E-state index contributed by atoms with van der Waals surface area (Å²) < 4.78 is 10.4. The predicted molar refractivity (Wildman–Crippen MR) is 93.0 cm³/mol. The molecule has 0 saturated heterocycles. The van der Waals surface area contributed by atoms with Crippen molar-refractivity contribution in [1.82, 2.24) is 0 Å². The van der Waals surface area contributed by atoms with Gasteiger partial charge in [0, 0.05) is 11.3 Å². The van der Waals surface area contributed by atoms with Crippen molar-refractivity contribution in [3.63, 3.8) is 0 Å². The number of nitrogens with one attached hydrogen (secondary N) is 1. The molecule has 0 aliphatic heterocycles. The topological polar surface area (TPSA) is 85.4 Å². The quantitative estimate of drug-likeness (QED) is 0.327. The number of benzene rings is 1. The maximum absolute atomic E-state index is 11.3. The molecular weight excluding hydrogens is 324 g/mol. The zero-order valence-electron chi connectivity index (χ0n) is 12.9. The summed E-state index contributed by atoms with van der Waals surface area (Å²) in [5.41, 5.74) is 7.19. The molecule has 124 valence electrons. The number of methoxy groups -OCH3 is 1. The van der Waals surface area contributed by atoms with Gasteiger partial charge in [0.2, 0.25) is 0 Å². The summed E-state index contributed by atoms with van der Waals surface area (Å²) in [7, 11) is 1.37. The van der Waals surface area contributed by atoms with Gasteiger partial charge in [0.15, 0.2) is 5.17 Å². The van der Waals surface area contributed by atoms with E-state index in [9.17, 15) is 4.79 Å². The number of hydrogen-bond acceptors (Lipinski definition) is 5. The van der Waals surface area contributed by atoms with Crippen molar-refractivity contribution in [2.75, 3.05) is 13.7 Å². The summed E-state index contributed by atoms with van der Waals surface area (Å²) in [4.78, 5) is 11.3. The Morgan fingerprint density at radius 2 is 2.14 bits per heavy atom. The first-order chi connectivity index (χ1) is 10.1. The van der Waals surface area contributed by atoms with Gasteiger partial charge in [-0.3, -0.25) is 10.2 Å². The van der Waals surface area contributed by atoms with Crippen molar-refractivity contribution in [2.24, 2.45) is 5.73 Å². The average molecular weight is 347 g/mol. The van der Waals surface area contributed by atoms with Crippen LogP contribution in [0, 0.1) is 5.41 Å². The van der Waals surface area contributed by atoms with Crippen LogP contribution in [-0.4, -0.2) is 24.9 Å². The summed E-state index contributed by atoms with van der Waals surface area (Å²) in [5.74, 6) is 1.05. The molecule has 0 atom stereocenters. The third-order valence-electron chi connectivity index (χ3n) is 2.84. The van der Waals surface area contributed by atoms with Crippen LogP contribution in [0.4, 0.5) is 0 Å². The number of halogens is 1. The molecular formula is C15H23ClN2O3S. The second-order valence-corrected chi connectivity index (χ2v) is 5.57. The van der Waals surface area contributed by atoms with Crippen molar-refractivity contribution in [3.8, 4) is 5.75 Å². The lowest BCUT2D eigenvalue weighted by Crippen LogP contribution is -2.07. The predicted octanol–water partition coefficient (Wildman–Crippen LogP) is 3.13. The van der Waals surface area contributed by atoms with Gasteiger partial charge < -0.3 is 15.2 Å². The molecule has 0 bridgehead atoms. The van der Waals surface area contributed by atoms with Gasteiger partial charge in [0.1, 0.15) is 5.75 Å². The van der Waals surface area contributed by atoms with Gasteiger partial charge in [-0.1, -0.05) is 37.2 Å². The number of nitrogens with two attached hydrogens (primary N) is 1. The summed E-state index contributed by atoms with van der Waals surface area (Å²) in [6, 6.07) is 5.64. The van der Waals surface area contributed by atoms with Crippen molar-refractivity contribution in [1.29, 1.82) is 5.41 Å². The van der Waals surface area contributed by atoms with E-state index in [4.69, 9.17) is 15.9 Å². The van der Waals surface area contributed by atoms with E-state index in [1.165, 1.54) is 18.9 Å². The van der Waals surface area contributed by atoms with Crippen LogP contribution in [0.3, 0.4) is 0 Å². The molecule has 0 aromatic heterocycles. The molecule has 0 spiro atoms. The van der Waals surface area contributed by atoms with Gasteiger partial charge in [-0.25, -0.2) is 0 Å². The SMILES string of the molecule is CCCCOc1ccc(CC(=O)OC)cc1CSC(=N)N.Cl. The molecule has 0 fully saturated rings. The van der Waals surface area contributed by atoms with Crippen LogP contribution in [-0.2, 0) is 21.7 Å². The van der Waals surface area contributed by atoms with Gasteiger partial charge in [-0.05, 0) is 18.1 Å². The van der Waals surface area contributed by atoms with Gasteiger partial charge in [-0.2, -0.15) is 0 Å². The van der Waals surface area contributed by atoms with Crippen LogP contribution in [0.25, 0.3) is 0 Å². The number of ether oxygens (including phenoxy) is 2. The average Bonchev–Trinajstić information content (AvgIpc) is 2.46. The van der Waals surface area contributed by atoms with Crippen molar-refractivity contribution in [2.45, 2.75) is 31.9 Å². The molecule has 0 unspecified atom stereocenters. The lowest BCUT2D eigenvalue weighted by Gasteiger charge is -2.12. The number of thioether (sulfide) groups is 1. The maximum atomic E-state index is 11.3. The van der Waals surface area contributed by atoms with Crippen LogP contribution < -0.4 is 10.5 Å². The Hall–Kier alpha value is -1.40.